The van der Waals surface area contributed by atoms with Gasteiger partial charge in [-0.25, -0.2) is 0 Å². The Morgan fingerprint density at radius 3 is 2.24 bits per heavy atom. The number of benzene rings is 3. The highest BCUT2D eigenvalue weighted by Crippen LogP contribution is 2.21. The Kier molecular flexibility index (Phi) is 7.58. The number of nitrogens with one attached hydrogen (secondary N) is 2. The average Bonchev–Trinajstić information content (AvgIpc) is 3.35. The summed E-state index contributed by atoms with van der Waals surface area (Å²) >= 11 is 0. The van der Waals surface area contributed by atoms with Crippen molar-refractivity contribution in [2.75, 3.05) is 6.61 Å². The molecule has 7 nitrogen and oxygen atoms in total. The molecular formula is C27H24N2O5. The number of furan rings is 1. The number of carbonyl (C=O) groups is 2. The predicted molar refractivity (Wildman–Crippen MR) is 126 cm³/mol. The number of amides is 2. The van der Waals surface area contributed by atoms with Crippen LogP contribution in [-0.4, -0.2) is 18.4 Å². The molecule has 0 aliphatic rings. The molecular weight excluding hydrogens is 432 g/mol. The Morgan fingerprint density at radius 2 is 1.44 bits per heavy atom. The van der Waals surface area contributed by atoms with Crippen LogP contribution in [0.3, 0.4) is 0 Å². The summed E-state index contributed by atoms with van der Waals surface area (Å²) in [5.74, 6) is 0.253. The predicted octanol–water partition coefficient (Wildman–Crippen LogP) is 4.29. The van der Waals surface area contributed by atoms with E-state index in [2.05, 4.69) is 10.9 Å². The number of carbonyl (C=O) groups excluding carboxylic acids is 2. The number of para-hydroxylation sites is 2. The number of hydrogen-bond acceptors (Lipinski definition) is 5. The third kappa shape index (κ3) is 6.26. The molecule has 0 saturated heterocycles. The van der Waals surface area contributed by atoms with E-state index in [-0.39, 0.29) is 19.0 Å². The number of hydrogen-bond donors (Lipinski definition) is 2. The smallest absolute Gasteiger partial charge is 0.305 e. The van der Waals surface area contributed by atoms with E-state index in [9.17, 15) is 9.59 Å². The summed E-state index contributed by atoms with van der Waals surface area (Å²) in [5, 5.41) is 0. The second-order valence-corrected chi connectivity index (χ2v) is 7.44. The van der Waals surface area contributed by atoms with Crippen molar-refractivity contribution in [1.82, 2.24) is 10.9 Å². The zero-order valence-electron chi connectivity index (χ0n) is 18.4. The summed E-state index contributed by atoms with van der Waals surface area (Å²) in [7, 11) is 0. The maximum Gasteiger partial charge on any atom is 0.305 e. The van der Waals surface area contributed by atoms with Crippen LogP contribution in [0.15, 0.2) is 102 Å². The average molecular weight is 456 g/mol. The molecule has 3 aromatic carbocycles. The van der Waals surface area contributed by atoms with Crippen LogP contribution in [-0.2, 0) is 17.8 Å². The van der Waals surface area contributed by atoms with Gasteiger partial charge in [0.15, 0.2) is 12.4 Å². The fourth-order valence-corrected chi connectivity index (χ4v) is 3.30. The van der Waals surface area contributed by atoms with Crippen molar-refractivity contribution in [3.63, 3.8) is 0 Å². The van der Waals surface area contributed by atoms with E-state index in [1.165, 1.54) is 6.26 Å². The van der Waals surface area contributed by atoms with Crippen molar-refractivity contribution in [1.29, 1.82) is 0 Å². The molecule has 172 valence electrons. The van der Waals surface area contributed by atoms with Gasteiger partial charge >= 0.3 is 5.91 Å². The topological polar surface area (TPSA) is 89.8 Å². The van der Waals surface area contributed by atoms with Gasteiger partial charge in [0.05, 0.1) is 6.26 Å². The molecule has 0 aliphatic carbocycles. The first kappa shape index (κ1) is 22.7. The molecule has 4 aromatic rings. The minimum Gasteiger partial charge on any atom is -0.489 e. The molecule has 1 heterocycles. The zero-order valence-corrected chi connectivity index (χ0v) is 18.4. The van der Waals surface area contributed by atoms with E-state index in [0.717, 1.165) is 11.1 Å². The molecule has 0 bridgehead atoms. The lowest BCUT2D eigenvalue weighted by Crippen LogP contribution is -2.44. The van der Waals surface area contributed by atoms with Crippen molar-refractivity contribution in [3.05, 3.63) is 120 Å². The molecule has 0 aliphatic heterocycles. The minimum atomic E-state index is -0.588. The Hall–Kier alpha value is -4.52. The summed E-state index contributed by atoms with van der Waals surface area (Å²) in [5.41, 5.74) is 7.35. The molecule has 0 unspecified atom stereocenters. The van der Waals surface area contributed by atoms with Gasteiger partial charge in [-0.3, -0.25) is 20.4 Å². The van der Waals surface area contributed by atoms with Gasteiger partial charge < -0.3 is 13.9 Å². The fraction of sp³-hybridized carbons (Fsp3) is 0.111. The van der Waals surface area contributed by atoms with Crippen LogP contribution in [0.1, 0.15) is 27.2 Å². The molecule has 0 atom stereocenters. The van der Waals surface area contributed by atoms with Crippen LogP contribution in [0.4, 0.5) is 0 Å². The summed E-state index contributed by atoms with van der Waals surface area (Å²) < 4.78 is 16.6. The summed E-state index contributed by atoms with van der Waals surface area (Å²) in [6, 6.07) is 28.4. The monoisotopic (exact) mass is 456 g/mol. The van der Waals surface area contributed by atoms with E-state index >= 15 is 0 Å². The van der Waals surface area contributed by atoms with Gasteiger partial charge in [-0.1, -0.05) is 66.7 Å². The summed E-state index contributed by atoms with van der Waals surface area (Å²) in [6.07, 6.45) is 2.08. The molecule has 34 heavy (non-hydrogen) atoms. The van der Waals surface area contributed by atoms with Gasteiger partial charge in [-0.05, 0) is 35.4 Å². The first-order chi connectivity index (χ1) is 16.7. The lowest BCUT2D eigenvalue weighted by Gasteiger charge is -2.12. The lowest BCUT2D eigenvalue weighted by molar-refractivity contribution is -0.123. The Bertz CT molecular complexity index is 1220. The van der Waals surface area contributed by atoms with Crippen molar-refractivity contribution >= 4 is 11.8 Å². The molecule has 2 amide bonds. The van der Waals surface area contributed by atoms with Gasteiger partial charge in [0.25, 0.3) is 5.91 Å². The molecule has 0 saturated carbocycles. The maximum absolute atomic E-state index is 12.5. The molecule has 7 heteroatoms. The SMILES string of the molecule is O=C(COc1ccccc1Cc1ccccc1)NNC(=O)c1occc1COc1ccccc1. The zero-order chi connectivity index (χ0) is 23.6. The van der Waals surface area contributed by atoms with Crippen molar-refractivity contribution < 1.29 is 23.5 Å². The van der Waals surface area contributed by atoms with Gasteiger partial charge in [-0.15, -0.1) is 0 Å². The van der Waals surface area contributed by atoms with E-state index < -0.39 is 11.8 Å². The van der Waals surface area contributed by atoms with Crippen LogP contribution < -0.4 is 20.3 Å². The van der Waals surface area contributed by atoms with Crippen LogP contribution >= 0.6 is 0 Å². The Labute approximate surface area is 197 Å². The van der Waals surface area contributed by atoms with E-state index in [0.29, 0.717) is 23.5 Å². The van der Waals surface area contributed by atoms with Gasteiger partial charge in [-0.2, -0.15) is 0 Å². The van der Waals surface area contributed by atoms with Crippen molar-refractivity contribution in [2.45, 2.75) is 13.0 Å². The van der Waals surface area contributed by atoms with Gasteiger partial charge in [0.1, 0.15) is 18.1 Å². The Balaban J connectivity index is 1.27. The first-order valence-electron chi connectivity index (χ1n) is 10.8. The maximum atomic E-state index is 12.5. The molecule has 4 rings (SSSR count). The van der Waals surface area contributed by atoms with E-state index in [4.69, 9.17) is 13.9 Å². The first-order valence-corrected chi connectivity index (χ1v) is 10.8. The number of ether oxygens (including phenoxy) is 2. The Morgan fingerprint density at radius 1 is 0.735 bits per heavy atom. The third-order valence-corrected chi connectivity index (χ3v) is 4.97. The highest BCUT2D eigenvalue weighted by molar-refractivity contribution is 5.94. The van der Waals surface area contributed by atoms with E-state index in [1.54, 1.807) is 6.07 Å². The largest absolute Gasteiger partial charge is 0.489 e. The normalized spacial score (nSPS) is 10.4. The molecule has 0 spiro atoms. The van der Waals surface area contributed by atoms with Crippen molar-refractivity contribution in [3.8, 4) is 11.5 Å². The minimum absolute atomic E-state index is 0.0605. The van der Waals surface area contributed by atoms with E-state index in [1.807, 2.05) is 84.9 Å². The lowest BCUT2D eigenvalue weighted by atomic mass is 10.0. The van der Waals surface area contributed by atoms with Crippen LogP contribution in [0.25, 0.3) is 0 Å². The van der Waals surface area contributed by atoms with Crippen LogP contribution in [0, 0.1) is 0 Å². The van der Waals surface area contributed by atoms with Crippen molar-refractivity contribution in [2.24, 2.45) is 0 Å². The number of hydrazine groups is 1. The van der Waals surface area contributed by atoms with Crippen LogP contribution in [0.5, 0.6) is 11.5 Å². The quantitative estimate of drug-likeness (QED) is 0.367. The molecule has 0 radical (unpaired) electrons. The van der Waals surface area contributed by atoms with Gasteiger partial charge in [0.2, 0.25) is 0 Å². The molecule has 2 N–H and O–H groups in total. The summed E-state index contributed by atoms with van der Waals surface area (Å²) in [6.45, 7) is -0.104. The second-order valence-electron chi connectivity index (χ2n) is 7.44. The molecule has 1 aromatic heterocycles. The second kappa shape index (κ2) is 11.4. The summed E-state index contributed by atoms with van der Waals surface area (Å²) in [4.78, 5) is 24.7. The third-order valence-electron chi connectivity index (χ3n) is 4.97. The highest BCUT2D eigenvalue weighted by atomic mass is 16.5. The highest BCUT2D eigenvalue weighted by Gasteiger charge is 2.17. The van der Waals surface area contributed by atoms with Crippen LogP contribution in [0.2, 0.25) is 0 Å². The fourth-order valence-electron chi connectivity index (χ4n) is 3.30. The van der Waals surface area contributed by atoms with Gasteiger partial charge in [0, 0.05) is 12.0 Å². The number of rotatable bonds is 9. The molecule has 0 fully saturated rings. The standard InChI is InChI=1S/C27H24N2O5/c30-25(19-34-24-14-8-7-11-21(24)17-20-9-3-1-4-10-20)28-29-27(31)26-22(15-16-32-26)18-33-23-12-5-2-6-13-23/h1-16H,17-19H2,(H,28,30)(H,29,31).